The monoisotopic (exact) mass is 459 g/mol. The van der Waals surface area contributed by atoms with Crippen molar-refractivity contribution in [2.45, 2.75) is 44.3 Å². The summed E-state index contributed by atoms with van der Waals surface area (Å²) in [5, 5.41) is 12.7. The standard InChI is InChI=1S/C23H23F2N3O5/c1-27-17-6-19(14-5-13(14)17)33-20(27)9-28-8-15(21(30)22(31)18(28)10-29)23(32)26-7-11-2-3-12(24)4-16(11)25/h2-4,8,10,13-14,17,19-20,31H,5-7,9H2,1H3,(H,26,32). The lowest BCUT2D eigenvalue weighted by Gasteiger charge is -2.40. The smallest absolute Gasteiger partial charge is 0.257 e. The molecule has 2 aromatic rings. The van der Waals surface area contributed by atoms with Crippen LogP contribution in [0.15, 0.2) is 29.2 Å². The van der Waals surface area contributed by atoms with E-state index in [0.29, 0.717) is 30.2 Å². The molecule has 5 atom stereocenters. The minimum Gasteiger partial charge on any atom is -0.503 e. The van der Waals surface area contributed by atoms with E-state index in [-0.39, 0.29) is 36.7 Å². The summed E-state index contributed by atoms with van der Waals surface area (Å²) in [4.78, 5) is 39.0. The normalized spacial score (nSPS) is 27.8. The van der Waals surface area contributed by atoms with E-state index in [2.05, 4.69) is 10.2 Å². The summed E-state index contributed by atoms with van der Waals surface area (Å²) in [6, 6.07) is 3.32. The molecule has 2 bridgehead atoms. The molecule has 2 aliphatic carbocycles. The lowest BCUT2D eigenvalue weighted by molar-refractivity contribution is -0.147. The summed E-state index contributed by atoms with van der Waals surface area (Å²) in [7, 11) is 1.94. The van der Waals surface area contributed by atoms with Gasteiger partial charge in [-0.2, -0.15) is 0 Å². The first kappa shape index (κ1) is 21.7. The molecule has 2 saturated carbocycles. The summed E-state index contributed by atoms with van der Waals surface area (Å²) in [6.45, 7) is -0.154. The van der Waals surface area contributed by atoms with Crippen molar-refractivity contribution in [1.29, 1.82) is 0 Å². The molecule has 8 nitrogen and oxygen atoms in total. The SMILES string of the molecule is CN1C(Cn2cc(C(=O)NCc3ccc(F)cc3F)c(=O)c(O)c2C=O)OC2CC1C1CC21. The number of ether oxygens (including phenoxy) is 1. The van der Waals surface area contributed by atoms with Gasteiger partial charge in [0.05, 0.1) is 12.6 Å². The third-order valence-corrected chi connectivity index (χ3v) is 7.11. The molecular weight excluding hydrogens is 436 g/mol. The van der Waals surface area contributed by atoms with Crippen molar-refractivity contribution >= 4 is 12.2 Å². The van der Waals surface area contributed by atoms with Gasteiger partial charge in [-0.1, -0.05) is 6.07 Å². The zero-order valence-corrected chi connectivity index (χ0v) is 17.8. The number of nitrogens with one attached hydrogen (secondary N) is 1. The highest BCUT2D eigenvalue weighted by Crippen LogP contribution is 2.57. The molecule has 5 rings (SSSR count). The van der Waals surface area contributed by atoms with Crippen LogP contribution in [0.4, 0.5) is 8.78 Å². The van der Waals surface area contributed by atoms with E-state index in [0.717, 1.165) is 18.9 Å². The van der Waals surface area contributed by atoms with Gasteiger partial charge in [-0.15, -0.1) is 0 Å². The largest absolute Gasteiger partial charge is 0.503 e. The number of aldehydes is 1. The van der Waals surface area contributed by atoms with Gasteiger partial charge in [-0.25, -0.2) is 8.78 Å². The van der Waals surface area contributed by atoms with Gasteiger partial charge < -0.3 is 19.7 Å². The summed E-state index contributed by atoms with van der Waals surface area (Å²) in [5.41, 5.74) is -1.62. The van der Waals surface area contributed by atoms with E-state index >= 15 is 0 Å². The number of pyridine rings is 1. The van der Waals surface area contributed by atoms with Gasteiger partial charge in [-0.05, 0) is 37.8 Å². The summed E-state index contributed by atoms with van der Waals surface area (Å²) in [6.07, 6.45) is 3.46. The van der Waals surface area contributed by atoms with Crippen LogP contribution in [-0.4, -0.2) is 52.2 Å². The van der Waals surface area contributed by atoms with E-state index in [1.807, 2.05) is 7.05 Å². The maximum Gasteiger partial charge on any atom is 0.257 e. The number of carbonyl (C=O) groups is 2. The molecule has 174 valence electrons. The number of amides is 1. The highest BCUT2D eigenvalue weighted by Gasteiger charge is 2.60. The molecule has 0 spiro atoms. The number of rotatable bonds is 6. The maximum absolute atomic E-state index is 13.9. The van der Waals surface area contributed by atoms with Crippen LogP contribution in [0.3, 0.4) is 0 Å². The van der Waals surface area contributed by atoms with Crippen LogP contribution in [0.25, 0.3) is 0 Å². The summed E-state index contributed by atoms with van der Waals surface area (Å²) in [5.74, 6) is -2.10. The molecule has 1 aliphatic heterocycles. The fourth-order valence-electron chi connectivity index (χ4n) is 5.21. The van der Waals surface area contributed by atoms with Gasteiger partial charge in [0.1, 0.15) is 29.1 Å². The van der Waals surface area contributed by atoms with Gasteiger partial charge in [0, 0.05) is 30.4 Å². The molecular formula is C23H23F2N3O5. The molecule has 1 aromatic carbocycles. The van der Waals surface area contributed by atoms with E-state index in [9.17, 15) is 28.3 Å². The average molecular weight is 459 g/mol. The molecule has 0 radical (unpaired) electrons. The van der Waals surface area contributed by atoms with Crippen molar-refractivity contribution in [1.82, 2.24) is 14.8 Å². The van der Waals surface area contributed by atoms with E-state index in [1.54, 1.807) is 0 Å². The predicted octanol–water partition coefficient (Wildman–Crippen LogP) is 1.64. The van der Waals surface area contributed by atoms with Crippen molar-refractivity contribution in [3.8, 4) is 5.75 Å². The molecule has 1 aromatic heterocycles. The fraction of sp³-hybridized carbons (Fsp3) is 0.435. The molecule has 1 amide bonds. The Morgan fingerprint density at radius 1 is 1.30 bits per heavy atom. The second-order valence-corrected chi connectivity index (χ2v) is 8.96. The van der Waals surface area contributed by atoms with Gasteiger partial charge in [0.15, 0.2) is 12.0 Å². The summed E-state index contributed by atoms with van der Waals surface area (Å²) >= 11 is 0. The first-order valence-corrected chi connectivity index (χ1v) is 10.8. The topological polar surface area (TPSA) is 101 Å². The number of nitrogens with zero attached hydrogens (tertiary/aromatic N) is 2. The Morgan fingerprint density at radius 3 is 2.82 bits per heavy atom. The van der Waals surface area contributed by atoms with Gasteiger partial charge in [0.2, 0.25) is 5.43 Å². The molecule has 3 aliphatic rings. The number of likely N-dealkylation sites (N-methyl/N-ethyl adjacent to an activating group) is 1. The van der Waals surface area contributed by atoms with E-state index in [1.165, 1.54) is 16.8 Å². The van der Waals surface area contributed by atoms with Crippen molar-refractivity contribution in [3.05, 3.63) is 63.1 Å². The third-order valence-electron chi connectivity index (χ3n) is 7.11. The first-order valence-electron chi connectivity index (χ1n) is 10.8. The number of fused-ring (bicyclic) bond motifs is 5. The number of benzene rings is 1. The molecule has 2 heterocycles. The Labute approximate surface area is 187 Å². The molecule has 3 fully saturated rings. The Hall–Kier alpha value is -3.11. The minimum absolute atomic E-state index is 0.0325. The highest BCUT2D eigenvalue weighted by atomic mass is 19.1. The average Bonchev–Trinajstić information content (AvgIpc) is 3.52. The molecule has 1 saturated heterocycles. The second-order valence-electron chi connectivity index (χ2n) is 8.96. The number of carbonyl (C=O) groups excluding carboxylic acids is 2. The second kappa shape index (κ2) is 8.03. The van der Waals surface area contributed by atoms with Crippen molar-refractivity contribution in [3.63, 3.8) is 0 Å². The minimum atomic E-state index is -1.01. The molecule has 2 N–H and O–H groups in total. The molecule has 10 heteroatoms. The van der Waals surface area contributed by atoms with Crippen LogP contribution in [0.1, 0.15) is 39.3 Å². The fourth-order valence-corrected chi connectivity index (χ4v) is 5.21. The number of hydrogen-bond acceptors (Lipinski definition) is 6. The third kappa shape index (κ3) is 3.72. The number of aromatic nitrogens is 1. The molecule has 33 heavy (non-hydrogen) atoms. The highest BCUT2D eigenvalue weighted by molar-refractivity contribution is 5.95. The first-order chi connectivity index (χ1) is 15.8. The van der Waals surface area contributed by atoms with Gasteiger partial charge in [-0.3, -0.25) is 19.3 Å². The van der Waals surface area contributed by atoms with Crippen molar-refractivity contribution in [2.75, 3.05) is 7.05 Å². The summed E-state index contributed by atoms with van der Waals surface area (Å²) < 4.78 is 34.5. The predicted molar refractivity (Wildman–Crippen MR) is 112 cm³/mol. The number of hydrogen-bond donors (Lipinski definition) is 2. The maximum atomic E-state index is 13.9. The van der Waals surface area contributed by atoms with E-state index in [4.69, 9.17) is 4.74 Å². The number of halogens is 2. The lowest BCUT2D eigenvalue weighted by Crippen LogP contribution is -2.50. The zero-order valence-electron chi connectivity index (χ0n) is 17.8. The Balaban J connectivity index is 1.38. The van der Waals surface area contributed by atoms with Crippen molar-refractivity contribution < 1.29 is 28.2 Å². The van der Waals surface area contributed by atoms with Crippen LogP contribution in [0.2, 0.25) is 0 Å². The van der Waals surface area contributed by atoms with Crippen LogP contribution < -0.4 is 10.7 Å². The van der Waals surface area contributed by atoms with Crippen LogP contribution in [0, 0.1) is 23.5 Å². The van der Waals surface area contributed by atoms with Gasteiger partial charge in [0.25, 0.3) is 5.91 Å². The zero-order chi connectivity index (χ0) is 23.4. The number of aromatic hydroxyl groups is 1. The lowest BCUT2D eigenvalue weighted by atomic mass is 10.1. The van der Waals surface area contributed by atoms with Crippen LogP contribution in [-0.2, 0) is 17.8 Å². The molecule has 5 unspecified atom stereocenters. The quantitative estimate of drug-likeness (QED) is 0.637. The van der Waals surface area contributed by atoms with Crippen molar-refractivity contribution in [2.24, 2.45) is 11.8 Å². The Bertz CT molecular complexity index is 1200. The van der Waals surface area contributed by atoms with Gasteiger partial charge >= 0.3 is 0 Å². The Morgan fingerprint density at radius 2 is 2.09 bits per heavy atom. The van der Waals surface area contributed by atoms with Crippen LogP contribution in [0.5, 0.6) is 5.75 Å². The van der Waals surface area contributed by atoms with E-state index < -0.39 is 34.3 Å². The van der Waals surface area contributed by atoms with Crippen LogP contribution >= 0.6 is 0 Å². The Kier molecular flexibility index (Phi) is 5.29.